The van der Waals surface area contributed by atoms with E-state index in [0.717, 1.165) is 11.5 Å². The Kier molecular flexibility index (Phi) is 4.01. The van der Waals surface area contributed by atoms with Crippen LogP contribution in [0.4, 0.5) is 0 Å². The molecule has 0 radical (unpaired) electrons. The number of benzene rings is 1. The minimum absolute atomic E-state index is 0.567. The van der Waals surface area contributed by atoms with E-state index in [1.807, 2.05) is 36.4 Å². The summed E-state index contributed by atoms with van der Waals surface area (Å²) in [4.78, 5) is 2.35. The van der Waals surface area contributed by atoms with Crippen LogP contribution in [0.15, 0.2) is 36.4 Å². The molecule has 4 heteroatoms. The molecule has 0 saturated carbocycles. The van der Waals surface area contributed by atoms with Crippen LogP contribution in [0.5, 0.6) is 11.5 Å². The van der Waals surface area contributed by atoms with Gasteiger partial charge < -0.3 is 15.2 Å². The topological polar surface area (TPSA) is 44.5 Å². The van der Waals surface area contributed by atoms with Crippen LogP contribution in [0.25, 0.3) is 0 Å². The normalized spacial score (nSPS) is 10.2. The Balaban J connectivity index is 1.96. The Morgan fingerprint density at radius 1 is 1.12 bits per heavy atom. The summed E-state index contributed by atoms with van der Waals surface area (Å²) in [6.45, 7) is 1.15. The molecule has 0 bridgehead atoms. The van der Waals surface area contributed by atoms with Gasteiger partial charge in [0.1, 0.15) is 18.1 Å². The van der Waals surface area contributed by atoms with Gasteiger partial charge in [0.15, 0.2) is 0 Å². The van der Waals surface area contributed by atoms with Crippen molar-refractivity contribution in [3.8, 4) is 11.5 Å². The molecule has 0 spiro atoms. The van der Waals surface area contributed by atoms with Crippen LogP contribution in [0.3, 0.4) is 0 Å². The van der Waals surface area contributed by atoms with Gasteiger partial charge in [0.25, 0.3) is 0 Å². The van der Waals surface area contributed by atoms with E-state index in [-0.39, 0.29) is 0 Å². The zero-order valence-corrected chi connectivity index (χ0v) is 10.5. The summed E-state index contributed by atoms with van der Waals surface area (Å²) in [5.74, 6) is 1.61. The fraction of sp³-hybridized carbons (Fsp3) is 0.231. The fourth-order valence-corrected chi connectivity index (χ4v) is 2.27. The molecule has 17 heavy (non-hydrogen) atoms. The highest BCUT2D eigenvalue weighted by Gasteiger charge is 2.01. The summed E-state index contributed by atoms with van der Waals surface area (Å²) in [6, 6.07) is 11.7. The van der Waals surface area contributed by atoms with E-state index in [0.29, 0.717) is 13.2 Å². The zero-order valence-electron chi connectivity index (χ0n) is 9.68. The second kappa shape index (κ2) is 5.70. The molecule has 0 unspecified atom stereocenters. The molecule has 0 aliphatic rings. The van der Waals surface area contributed by atoms with Crippen LogP contribution in [-0.4, -0.2) is 7.11 Å². The molecule has 3 nitrogen and oxygen atoms in total. The average Bonchev–Trinajstić information content (AvgIpc) is 2.84. The third kappa shape index (κ3) is 3.22. The maximum absolute atomic E-state index is 5.68. The predicted molar refractivity (Wildman–Crippen MR) is 69.5 cm³/mol. The zero-order chi connectivity index (χ0) is 12.1. The monoisotopic (exact) mass is 249 g/mol. The highest BCUT2D eigenvalue weighted by Crippen LogP contribution is 2.22. The molecule has 0 saturated heterocycles. The van der Waals surface area contributed by atoms with Gasteiger partial charge >= 0.3 is 0 Å². The summed E-state index contributed by atoms with van der Waals surface area (Å²) >= 11 is 1.68. The number of hydrogen-bond acceptors (Lipinski definition) is 4. The van der Waals surface area contributed by atoms with Crippen molar-refractivity contribution in [1.29, 1.82) is 0 Å². The minimum Gasteiger partial charge on any atom is -0.497 e. The molecule has 0 fully saturated rings. The molecule has 2 N–H and O–H groups in total. The molecule has 0 aliphatic heterocycles. The first kappa shape index (κ1) is 12.0. The summed E-state index contributed by atoms with van der Waals surface area (Å²) in [7, 11) is 1.64. The van der Waals surface area contributed by atoms with Crippen LogP contribution in [0, 0.1) is 0 Å². The van der Waals surface area contributed by atoms with Crippen molar-refractivity contribution in [3.63, 3.8) is 0 Å². The van der Waals surface area contributed by atoms with Gasteiger partial charge in [0, 0.05) is 22.4 Å². The quantitative estimate of drug-likeness (QED) is 0.886. The van der Waals surface area contributed by atoms with Crippen LogP contribution in [0.2, 0.25) is 0 Å². The molecule has 1 aromatic heterocycles. The number of nitrogens with two attached hydrogens (primary N) is 1. The average molecular weight is 249 g/mol. The number of rotatable bonds is 5. The van der Waals surface area contributed by atoms with E-state index in [9.17, 15) is 0 Å². The Labute approximate surface area is 105 Å². The SMILES string of the molecule is COc1cccc(OCc2ccc(CN)s2)c1. The van der Waals surface area contributed by atoms with Gasteiger partial charge in [-0.1, -0.05) is 6.07 Å². The first-order valence-electron chi connectivity index (χ1n) is 5.36. The molecule has 1 aromatic carbocycles. The molecular formula is C13H15NO2S. The predicted octanol–water partition coefficient (Wildman–Crippen LogP) is 2.79. The molecule has 2 aromatic rings. The van der Waals surface area contributed by atoms with E-state index in [2.05, 4.69) is 0 Å². The number of methoxy groups -OCH3 is 1. The van der Waals surface area contributed by atoms with Crippen molar-refractivity contribution in [2.45, 2.75) is 13.2 Å². The molecular weight excluding hydrogens is 234 g/mol. The van der Waals surface area contributed by atoms with Crippen molar-refractivity contribution in [1.82, 2.24) is 0 Å². The van der Waals surface area contributed by atoms with E-state index in [4.69, 9.17) is 15.2 Å². The summed E-state index contributed by atoms with van der Waals surface area (Å²) in [6.07, 6.45) is 0. The number of ether oxygens (including phenoxy) is 2. The third-order valence-corrected chi connectivity index (χ3v) is 3.42. The standard InChI is InChI=1S/C13H15NO2S/c1-15-10-3-2-4-11(7-10)16-9-13-6-5-12(8-14)17-13/h2-7H,8-9,14H2,1H3. The van der Waals surface area contributed by atoms with Crippen molar-refractivity contribution in [3.05, 3.63) is 46.2 Å². The molecule has 0 aliphatic carbocycles. The third-order valence-electron chi connectivity index (χ3n) is 2.34. The van der Waals surface area contributed by atoms with E-state index in [1.54, 1.807) is 18.4 Å². The molecule has 0 amide bonds. The molecule has 90 valence electrons. The van der Waals surface area contributed by atoms with E-state index in [1.165, 1.54) is 9.75 Å². The van der Waals surface area contributed by atoms with E-state index >= 15 is 0 Å². The van der Waals surface area contributed by atoms with Crippen molar-refractivity contribution in [2.24, 2.45) is 5.73 Å². The first-order valence-corrected chi connectivity index (χ1v) is 6.18. The van der Waals surface area contributed by atoms with Crippen LogP contribution in [-0.2, 0) is 13.2 Å². The van der Waals surface area contributed by atoms with Gasteiger partial charge in [-0.3, -0.25) is 0 Å². The number of thiophene rings is 1. The van der Waals surface area contributed by atoms with Crippen molar-refractivity contribution in [2.75, 3.05) is 7.11 Å². The van der Waals surface area contributed by atoms with E-state index < -0.39 is 0 Å². The maximum Gasteiger partial charge on any atom is 0.123 e. The fourth-order valence-electron chi connectivity index (χ4n) is 1.46. The lowest BCUT2D eigenvalue weighted by molar-refractivity contribution is 0.307. The van der Waals surface area contributed by atoms with Crippen molar-refractivity contribution < 1.29 is 9.47 Å². The Morgan fingerprint density at radius 3 is 2.59 bits per heavy atom. The lowest BCUT2D eigenvalue weighted by Gasteiger charge is -2.06. The highest BCUT2D eigenvalue weighted by molar-refractivity contribution is 7.11. The number of hydrogen-bond donors (Lipinski definition) is 1. The van der Waals surface area contributed by atoms with Crippen LogP contribution >= 0.6 is 11.3 Å². The van der Waals surface area contributed by atoms with Gasteiger partial charge in [0.05, 0.1) is 7.11 Å². The van der Waals surface area contributed by atoms with Gasteiger partial charge in [-0.2, -0.15) is 0 Å². The highest BCUT2D eigenvalue weighted by atomic mass is 32.1. The van der Waals surface area contributed by atoms with Gasteiger partial charge in [0.2, 0.25) is 0 Å². The Hall–Kier alpha value is -1.52. The molecule has 2 rings (SSSR count). The second-order valence-electron chi connectivity index (χ2n) is 3.54. The van der Waals surface area contributed by atoms with Crippen molar-refractivity contribution >= 4 is 11.3 Å². The summed E-state index contributed by atoms with van der Waals surface area (Å²) < 4.78 is 10.8. The molecule has 1 heterocycles. The first-order chi connectivity index (χ1) is 8.31. The largest absolute Gasteiger partial charge is 0.497 e. The molecule has 0 atom stereocenters. The van der Waals surface area contributed by atoms with Gasteiger partial charge in [-0.15, -0.1) is 11.3 Å². The van der Waals surface area contributed by atoms with Crippen LogP contribution in [0.1, 0.15) is 9.75 Å². The second-order valence-corrected chi connectivity index (χ2v) is 4.79. The Bertz CT molecular complexity index is 482. The van der Waals surface area contributed by atoms with Gasteiger partial charge in [-0.05, 0) is 24.3 Å². The minimum atomic E-state index is 0.567. The lowest BCUT2D eigenvalue weighted by Crippen LogP contribution is -1.93. The maximum atomic E-state index is 5.68. The lowest BCUT2D eigenvalue weighted by atomic mass is 10.3. The van der Waals surface area contributed by atoms with Gasteiger partial charge in [-0.25, -0.2) is 0 Å². The summed E-state index contributed by atoms with van der Waals surface area (Å²) in [5, 5.41) is 0. The van der Waals surface area contributed by atoms with Crippen LogP contribution < -0.4 is 15.2 Å². The summed E-state index contributed by atoms with van der Waals surface area (Å²) in [5.41, 5.74) is 5.56. The smallest absolute Gasteiger partial charge is 0.123 e. The Morgan fingerprint density at radius 2 is 1.88 bits per heavy atom.